The fraction of sp³-hybridized carbons (Fsp3) is 0.467. The van der Waals surface area contributed by atoms with Crippen LogP contribution in [-0.4, -0.2) is 30.3 Å². The van der Waals surface area contributed by atoms with Crippen LogP contribution in [0.25, 0.3) is 11.4 Å². The van der Waals surface area contributed by atoms with Crippen molar-refractivity contribution in [1.29, 1.82) is 0 Å². The molecule has 0 bridgehead atoms. The van der Waals surface area contributed by atoms with Crippen molar-refractivity contribution < 1.29 is 9.26 Å². The van der Waals surface area contributed by atoms with Crippen molar-refractivity contribution in [3.8, 4) is 17.1 Å². The van der Waals surface area contributed by atoms with Gasteiger partial charge in [-0.25, -0.2) is 0 Å². The van der Waals surface area contributed by atoms with E-state index in [2.05, 4.69) is 22.4 Å². The first-order valence-corrected chi connectivity index (χ1v) is 6.91. The number of nitrogens with one attached hydrogen (secondary N) is 1. The van der Waals surface area contributed by atoms with Crippen LogP contribution in [0.15, 0.2) is 28.8 Å². The fourth-order valence-electron chi connectivity index (χ4n) is 2.65. The van der Waals surface area contributed by atoms with Gasteiger partial charge in [0.1, 0.15) is 5.75 Å². The van der Waals surface area contributed by atoms with Gasteiger partial charge in [-0.15, -0.1) is 0 Å². The standard InChI is InChI=1S/C15H19N3O2/c1-15(8-5-9-16-10-15)14-17-13(18-20-14)11-6-3-4-7-12(11)19-2/h3-4,6-7,16H,5,8-10H2,1-2H3. The molecule has 0 aliphatic carbocycles. The molecule has 5 nitrogen and oxygen atoms in total. The molecule has 1 N–H and O–H groups in total. The van der Waals surface area contributed by atoms with Crippen molar-refractivity contribution in [1.82, 2.24) is 15.5 Å². The topological polar surface area (TPSA) is 60.2 Å². The first kappa shape index (κ1) is 13.1. The van der Waals surface area contributed by atoms with E-state index in [-0.39, 0.29) is 5.41 Å². The van der Waals surface area contributed by atoms with E-state index in [1.807, 2.05) is 24.3 Å². The Morgan fingerprint density at radius 1 is 1.35 bits per heavy atom. The number of hydrogen-bond donors (Lipinski definition) is 1. The van der Waals surface area contributed by atoms with E-state index in [4.69, 9.17) is 9.26 Å². The summed E-state index contributed by atoms with van der Waals surface area (Å²) in [6.07, 6.45) is 2.19. The zero-order chi connectivity index (χ0) is 14.0. The smallest absolute Gasteiger partial charge is 0.234 e. The predicted octanol–water partition coefficient (Wildman–Crippen LogP) is 2.39. The third-order valence-electron chi connectivity index (χ3n) is 3.89. The maximum atomic E-state index is 5.50. The van der Waals surface area contributed by atoms with Crippen molar-refractivity contribution >= 4 is 0 Å². The Kier molecular flexibility index (Phi) is 3.44. The predicted molar refractivity (Wildman–Crippen MR) is 75.7 cm³/mol. The van der Waals surface area contributed by atoms with Crippen molar-refractivity contribution in [2.24, 2.45) is 0 Å². The van der Waals surface area contributed by atoms with Crippen LogP contribution in [0.4, 0.5) is 0 Å². The molecule has 1 fully saturated rings. The highest BCUT2D eigenvalue weighted by molar-refractivity contribution is 5.63. The molecule has 1 aromatic heterocycles. The van der Waals surface area contributed by atoms with Gasteiger partial charge in [0.2, 0.25) is 11.7 Å². The van der Waals surface area contributed by atoms with E-state index >= 15 is 0 Å². The monoisotopic (exact) mass is 273 g/mol. The highest BCUT2D eigenvalue weighted by Gasteiger charge is 2.34. The Balaban J connectivity index is 1.94. The Labute approximate surface area is 118 Å². The molecule has 1 saturated heterocycles. The maximum Gasteiger partial charge on any atom is 0.234 e. The van der Waals surface area contributed by atoms with Crippen molar-refractivity contribution in [3.63, 3.8) is 0 Å². The highest BCUT2D eigenvalue weighted by Crippen LogP contribution is 2.33. The van der Waals surface area contributed by atoms with Gasteiger partial charge < -0.3 is 14.6 Å². The number of rotatable bonds is 3. The summed E-state index contributed by atoms with van der Waals surface area (Å²) in [5, 5.41) is 7.51. The minimum atomic E-state index is -0.0779. The lowest BCUT2D eigenvalue weighted by Crippen LogP contribution is -2.41. The van der Waals surface area contributed by atoms with E-state index in [1.165, 1.54) is 0 Å². The molecule has 2 aromatic rings. The summed E-state index contributed by atoms with van der Waals surface area (Å²) in [4.78, 5) is 4.59. The fourth-order valence-corrected chi connectivity index (χ4v) is 2.65. The molecule has 5 heteroatoms. The van der Waals surface area contributed by atoms with Crippen LogP contribution in [0.2, 0.25) is 0 Å². The number of methoxy groups -OCH3 is 1. The molecule has 106 valence electrons. The molecule has 2 heterocycles. The molecule has 1 aliphatic heterocycles. The van der Waals surface area contributed by atoms with Crippen LogP contribution in [0.5, 0.6) is 5.75 Å². The SMILES string of the molecule is COc1ccccc1-c1noc(C2(C)CCCNC2)n1. The van der Waals surface area contributed by atoms with E-state index in [0.29, 0.717) is 11.7 Å². The van der Waals surface area contributed by atoms with Crippen LogP contribution < -0.4 is 10.1 Å². The van der Waals surface area contributed by atoms with Crippen molar-refractivity contribution in [2.75, 3.05) is 20.2 Å². The summed E-state index contributed by atoms with van der Waals surface area (Å²) in [6.45, 7) is 4.10. The lowest BCUT2D eigenvalue weighted by atomic mass is 9.83. The Morgan fingerprint density at radius 2 is 2.20 bits per heavy atom. The second-order valence-electron chi connectivity index (χ2n) is 5.46. The highest BCUT2D eigenvalue weighted by atomic mass is 16.5. The number of aromatic nitrogens is 2. The third kappa shape index (κ3) is 2.29. The van der Waals surface area contributed by atoms with Gasteiger partial charge in [0.25, 0.3) is 0 Å². The number of piperidine rings is 1. The zero-order valence-electron chi connectivity index (χ0n) is 11.8. The minimum Gasteiger partial charge on any atom is -0.496 e. The molecule has 1 atom stereocenters. The first-order valence-electron chi connectivity index (χ1n) is 6.91. The molecule has 0 spiro atoms. The van der Waals surface area contributed by atoms with E-state index in [9.17, 15) is 0 Å². The Hall–Kier alpha value is -1.88. The quantitative estimate of drug-likeness (QED) is 0.930. The van der Waals surface area contributed by atoms with Crippen molar-refractivity contribution in [2.45, 2.75) is 25.2 Å². The van der Waals surface area contributed by atoms with E-state index in [0.717, 1.165) is 37.2 Å². The molecule has 0 saturated carbocycles. The average Bonchev–Trinajstić information content (AvgIpc) is 2.98. The van der Waals surface area contributed by atoms with Crippen molar-refractivity contribution in [3.05, 3.63) is 30.2 Å². The summed E-state index contributed by atoms with van der Waals surface area (Å²) in [7, 11) is 1.65. The zero-order valence-corrected chi connectivity index (χ0v) is 11.8. The summed E-state index contributed by atoms with van der Waals surface area (Å²) >= 11 is 0. The number of hydrogen-bond acceptors (Lipinski definition) is 5. The summed E-state index contributed by atoms with van der Waals surface area (Å²) in [5.74, 6) is 2.04. The largest absolute Gasteiger partial charge is 0.496 e. The molecule has 1 aliphatic rings. The van der Waals surface area contributed by atoms with E-state index < -0.39 is 0 Å². The molecule has 3 rings (SSSR count). The van der Waals surface area contributed by atoms with E-state index in [1.54, 1.807) is 7.11 Å². The summed E-state index contributed by atoms with van der Waals surface area (Å²) in [5.41, 5.74) is 0.781. The maximum absolute atomic E-state index is 5.50. The van der Waals surface area contributed by atoms with Crippen LogP contribution in [0.1, 0.15) is 25.7 Å². The van der Waals surface area contributed by atoms with Gasteiger partial charge in [0.05, 0.1) is 18.1 Å². The third-order valence-corrected chi connectivity index (χ3v) is 3.89. The van der Waals surface area contributed by atoms with Gasteiger partial charge in [-0.3, -0.25) is 0 Å². The summed E-state index contributed by atoms with van der Waals surface area (Å²) in [6, 6.07) is 7.71. The molecule has 1 aromatic carbocycles. The van der Waals surface area contributed by atoms with Gasteiger partial charge in [-0.05, 0) is 38.4 Å². The molecular weight excluding hydrogens is 254 g/mol. The van der Waals surface area contributed by atoms with Gasteiger partial charge in [0.15, 0.2) is 0 Å². The normalized spacial score (nSPS) is 22.7. The lowest BCUT2D eigenvalue weighted by molar-refractivity contribution is 0.245. The summed E-state index contributed by atoms with van der Waals surface area (Å²) < 4.78 is 10.8. The van der Waals surface area contributed by atoms with Crippen LogP contribution in [-0.2, 0) is 5.41 Å². The van der Waals surface area contributed by atoms with Crippen LogP contribution >= 0.6 is 0 Å². The Morgan fingerprint density at radius 3 is 2.95 bits per heavy atom. The second kappa shape index (κ2) is 5.25. The van der Waals surface area contributed by atoms with Gasteiger partial charge >= 0.3 is 0 Å². The molecule has 1 unspecified atom stereocenters. The second-order valence-corrected chi connectivity index (χ2v) is 5.46. The van der Waals surface area contributed by atoms with Crippen LogP contribution in [0.3, 0.4) is 0 Å². The molecule has 0 radical (unpaired) electrons. The molecular formula is C15H19N3O2. The van der Waals surface area contributed by atoms with Gasteiger partial charge in [0, 0.05) is 6.54 Å². The first-order chi connectivity index (χ1) is 9.73. The molecule has 0 amide bonds. The Bertz CT molecular complexity index is 588. The lowest BCUT2D eigenvalue weighted by Gasteiger charge is -2.30. The van der Waals surface area contributed by atoms with Crippen LogP contribution in [0, 0.1) is 0 Å². The number of ether oxygens (including phenoxy) is 1. The minimum absolute atomic E-state index is 0.0779. The average molecular weight is 273 g/mol. The van der Waals surface area contributed by atoms with Gasteiger partial charge in [-0.2, -0.15) is 4.98 Å². The number of nitrogens with zero attached hydrogens (tertiary/aromatic N) is 2. The number of para-hydroxylation sites is 1. The van der Waals surface area contributed by atoms with Gasteiger partial charge in [-0.1, -0.05) is 17.3 Å². The molecule has 20 heavy (non-hydrogen) atoms. The number of benzene rings is 1.